The molecular weight excluding hydrogens is 310 g/mol. The van der Waals surface area contributed by atoms with Crippen LogP contribution >= 0.6 is 15.9 Å². The minimum absolute atomic E-state index is 0.120. The normalized spacial score (nSPS) is 10.3. The predicted molar refractivity (Wildman–Crippen MR) is 75.7 cm³/mol. The lowest BCUT2D eigenvalue weighted by atomic mass is 10.1. The molecule has 0 spiro atoms. The van der Waals surface area contributed by atoms with Crippen molar-refractivity contribution in [1.29, 1.82) is 0 Å². The Bertz CT molecular complexity index is 621. The van der Waals surface area contributed by atoms with Gasteiger partial charge < -0.3 is 10.5 Å². The van der Waals surface area contributed by atoms with Crippen molar-refractivity contribution in [3.63, 3.8) is 0 Å². The van der Waals surface area contributed by atoms with E-state index in [0.29, 0.717) is 11.5 Å². The minimum Gasteiger partial charge on any atom is -0.465 e. The molecule has 19 heavy (non-hydrogen) atoms. The van der Waals surface area contributed by atoms with Gasteiger partial charge in [-0.25, -0.2) is 14.8 Å². The second kappa shape index (κ2) is 5.36. The smallest absolute Gasteiger partial charge is 0.343 e. The zero-order valence-corrected chi connectivity index (χ0v) is 12.1. The molecule has 2 aromatic rings. The van der Waals surface area contributed by atoms with E-state index in [2.05, 4.69) is 30.6 Å². The zero-order valence-electron chi connectivity index (χ0n) is 10.5. The summed E-state index contributed by atoms with van der Waals surface area (Å²) in [5.41, 5.74) is 7.33. The van der Waals surface area contributed by atoms with Crippen molar-refractivity contribution in [3.8, 4) is 11.4 Å². The number of nitrogens with zero attached hydrogens (tertiary/aromatic N) is 2. The Morgan fingerprint density at radius 1 is 1.37 bits per heavy atom. The molecule has 0 bridgehead atoms. The molecule has 1 aromatic heterocycles. The van der Waals surface area contributed by atoms with Gasteiger partial charge in [0.2, 0.25) is 0 Å². The lowest BCUT2D eigenvalue weighted by Gasteiger charge is -2.09. The number of rotatable bonds is 2. The number of aromatic nitrogens is 2. The lowest BCUT2D eigenvalue weighted by Crippen LogP contribution is -2.12. The van der Waals surface area contributed by atoms with E-state index in [-0.39, 0.29) is 11.4 Å². The number of halogens is 1. The first-order chi connectivity index (χ1) is 9.02. The maximum atomic E-state index is 11.6. The largest absolute Gasteiger partial charge is 0.465 e. The average molecular weight is 322 g/mol. The fourth-order valence-electron chi connectivity index (χ4n) is 1.71. The van der Waals surface area contributed by atoms with Gasteiger partial charge >= 0.3 is 5.97 Å². The highest BCUT2D eigenvalue weighted by Gasteiger charge is 2.17. The second-order valence-electron chi connectivity index (χ2n) is 3.89. The van der Waals surface area contributed by atoms with Gasteiger partial charge in [-0.3, -0.25) is 0 Å². The summed E-state index contributed by atoms with van der Waals surface area (Å²) >= 11 is 3.38. The van der Waals surface area contributed by atoms with Crippen molar-refractivity contribution < 1.29 is 9.53 Å². The predicted octanol–water partition coefficient (Wildman–Crippen LogP) is 2.58. The quantitative estimate of drug-likeness (QED) is 0.860. The summed E-state index contributed by atoms with van der Waals surface area (Å²) in [6.07, 6.45) is 0. The number of nitrogens with two attached hydrogens (primary N) is 1. The number of hydrogen-bond acceptors (Lipinski definition) is 5. The number of carbonyl (C=O) groups excluding carboxylic acids is 1. The third kappa shape index (κ3) is 2.73. The summed E-state index contributed by atoms with van der Waals surface area (Å²) in [5, 5.41) is 0. The molecule has 0 unspecified atom stereocenters. The van der Waals surface area contributed by atoms with Crippen LogP contribution in [0.3, 0.4) is 0 Å². The molecule has 0 saturated carbocycles. The van der Waals surface area contributed by atoms with Crippen molar-refractivity contribution in [3.05, 3.63) is 40.0 Å². The molecule has 6 heteroatoms. The van der Waals surface area contributed by atoms with Gasteiger partial charge in [0.1, 0.15) is 11.4 Å². The monoisotopic (exact) mass is 321 g/mol. The molecule has 0 fully saturated rings. The van der Waals surface area contributed by atoms with Gasteiger partial charge in [-0.05, 0) is 19.1 Å². The number of hydrogen-bond donors (Lipinski definition) is 1. The Balaban J connectivity index is 2.54. The Labute approximate surface area is 119 Å². The maximum absolute atomic E-state index is 11.6. The molecule has 1 heterocycles. The zero-order chi connectivity index (χ0) is 14.0. The molecule has 1 aromatic carbocycles. The van der Waals surface area contributed by atoms with Gasteiger partial charge in [-0.2, -0.15) is 0 Å². The SMILES string of the molecule is COC(=O)c1c(C)nc(-c2cccc(Br)c2)nc1N. The number of benzene rings is 1. The highest BCUT2D eigenvalue weighted by atomic mass is 79.9. The van der Waals surface area contributed by atoms with Crippen LogP contribution in [0.2, 0.25) is 0 Å². The highest BCUT2D eigenvalue weighted by Crippen LogP contribution is 2.23. The molecule has 0 aliphatic rings. The van der Waals surface area contributed by atoms with Crippen molar-refractivity contribution in [2.24, 2.45) is 0 Å². The third-order valence-electron chi connectivity index (χ3n) is 2.59. The van der Waals surface area contributed by atoms with E-state index in [1.807, 2.05) is 24.3 Å². The van der Waals surface area contributed by atoms with E-state index >= 15 is 0 Å². The number of ether oxygens (including phenoxy) is 1. The number of nitrogen functional groups attached to an aromatic ring is 1. The fraction of sp³-hybridized carbons (Fsp3) is 0.154. The summed E-state index contributed by atoms with van der Waals surface area (Å²) in [5.74, 6) is 0.0640. The molecule has 0 radical (unpaired) electrons. The molecule has 98 valence electrons. The van der Waals surface area contributed by atoms with Crippen LogP contribution in [0.4, 0.5) is 5.82 Å². The molecular formula is C13H12BrN3O2. The first-order valence-corrected chi connectivity index (χ1v) is 6.30. The number of anilines is 1. The molecule has 5 nitrogen and oxygen atoms in total. The first kappa shape index (κ1) is 13.5. The van der Waals surface area contributed by atoms with E-state index in [9.17, 15) is 4.79 Å². The Morgan fingerprint density at radius 2 is 2.11 bits per heavy atom. The summed E-state index contributed by atoms with van der Waals surface area (Å²) in [4.78, 5) is 20.0. The standard InChI is InChI=1S/C13H12BrN3O2/c1-7-10(13(18)19-2)11(15)17-12(16-7)8-4-3-5-9(14)6-8/h3-6H,1-2H3,(H2,15,16,17). The molecule has 0 aliphatic carbocycles. The van der Waals surface area contributed by atoms with Gasteiger partial charge in [0.25, 0.3) is 0 Å². The molecule has 2 rings (SSSR count). The molecule has 2 N–H and O–H groups in total. The molecule has 0 saturated heterocycles. The third-order valence-corrected chi connectivity index (χ3v) is 3.08. The average Bonchev–Trinajstić information content (AvgIpc) is 2.37. The van der Waals surface area contributed by atoms with Gasteiger partial charge in [0.15, 0.2) is 5.82 Å². The van der Waals surface area contributed by atoms with Gasteiger partial charge in [-0.1, -0.05) is 28.1 Å². The minimum atomic E-state index is -0.532. The van der Waals surface area contributed by atoms with E-state index in [4.69, 9.17) is 5.73 Å². The van der Waals surface area contributed by atoms with E-state index < -0.39 is 5.97 Å². The first-order valence-electron chi connectivity index (χ1n) is 5.51. The molecule has 0 amide bonds. The van der Waals surface area contributed by atoms with Crippen LogP contribution in [-0.2, 0) is 4.74 Å². The van der Waals surface area contributed by atoms with Crippen LogP contribution in [-0.4, -0.2) is 23.0 Å². The Kier molecular flexibility index (Phi) is 3.80. The van der Waals surface area contributed by atoms with Crippen molar-refractivity contribution in [1.82, 2.24) is 9.97 Å². The van der Waals surface area contributed by atoms with Crippen molar-refractivity contribution >= 4 is 27.7 Å². The van der Waals surface area contributed by atoms with Crippen molar-refractivity contribution in [2.75, 3.05) is 12.8 Å². The van der Waals surface area contributed by atoms with E-state index in [1.54, 1.807) is 6.92 Å². The summed E-state index contributed by atoms with van der Waals surface area (Å²) in [6, 6.07) is 7.54. The Morgan fingerprint density at radius 3 is 2.68 bits per heavy atom. The summed E-state index contributed by atoms with van der Waals surface area (Å²) < 4.78 is 5.57. The molecule has 0 atom stereocenters. The fourth-order valence-corrected chi connectivity index (χ4v) is 2.11. The number of carbonyl (C=O) groups is 1. The highest BCUT2D eigenvalue weighted by molar-refractivity contribution is 9.10. The topological polar surface area (TPSA) is 78.1 Å². The van der Waals surface area contributed by atoms with Crippen LogP contribution in [0.1, 0.15) is 16.1 Å². The van der Waals surface area contributed by atoms with Gasteiger partial charge in [0.05, 0.1) is 12.8 Å². The molecule has 0 aliphatic heterocycles. The van der Waals surface area contributed by atoms with Crippen molar-refractivity contribution in [2.45, 2.75) is 6.92 Å². The van der Waals surface area contributed by atoms with Crippen LogP contribution in [0.25, 0.3) is 11.4 Å². The van der Waals surface area contributed by atoms with Crippen LogP contribution in [0.5, 0.6) is 0 Å². The number of esters is 1. The van der Waals surface area contributed by atoms with Gasteiger partial charge in [0, 0.05) is 10.0 Å². The lowest BCUT2D eigenvalue weighted by molar-refractivity contribution is 0.0600. The van der Waals surface area contributed by atoms with Crippen LogP contribution < -0.4 is 5.73 Å². The number of aryl methyl sites for hydroxylation is 1. The maximum Gasteiger partial charge on any atom is 0.343 e. The number of methoxy groups -OCH3 is 1. The second-order valence-corrected chi connectivity index (χ2v) is 4.81. The summed E-state index contributed by atoms with van der Waals surface area (Å²) in [6.45, 7) is 1.70. The van der Waals surface area contributed by atoms with Crippen LogP contribution in [0.15, 0.2) is 28.7 Å². The van der Waals surface area contributed by atoms with E-state index in [1.165, 1.54) is 7.11 Å². The Hall–Kier alpha value is -1.95. The van der Waals surface area contributed by atoms with Crippen LogP contribution in [0, 0.1) is 6.92 Å². The summed E-state index contributed by atoms with van der Waals surface area (Å²) in [7, 11) is 1.30. The van der Waals surface area contributed by atoms with Gasteiger partial charge in [-0.15, -0.1) is 0 Å². The van der Waals surface area contributed by atoms with E-state index in [0.717, 1.165) is 10.0 Å².